The summed E-state index contributed by atoms with van der Waals surface area (Å²) in [5.74, 6) is -2.54. The van der Waals surface area contributed by atoms with Crippen molar-refractivity contribution >= 4 is 28.9 Å². The summed E-state index contributed by atoms with van der Waals surface area (Å²) in [6.45, 7) is 1.66. The van der Waals surface area contributed by atoms with E-state index in [0.29, 0.717) is 33.2 Å². The van der Waals surface area contributed by atoms with Crippen molar-refractivity contribution in [2.24, 2.45) is 10.9 Å². The lowest BCUT2D eigenvalue weighted by Crippen LogP contribution is -2.29. The number of aliphatic imine (C=N–C) groups is 1. The highest BCUT2D eigenvalue weighted by atomic mass is 35.5. The van der Waals surface area contributed by atoms with Crippen molar-refractivity contribution in [3.63, 3.8) is 0 Å². The number of aromatic nitrogens is 5. The summed E-state index contributed by atoms with van der Waals surface area (Å²) in [7, 11) is 0. The van der Waals surface area contributed by atoms with Crippen LogP contribution in [0.5, 0.6) is 0 Å². The van der Waals surface area contributed by atoms with Gasteiger partial charge in [-0.2, -0.15) is 8.78 Å². The Hall–Kier alpha value is -4.51. The second-order valence-electron chi connectivity index (χ2n) is 10.2. The van der Waals surface area contributed by atoms with Gasteiger partial charge in [-0.25, -0.2) is 19.5 Å². The number of rotatable bonds is 5. The number of pyridine rings is 2. The molecule has 7 rings (SSSR count). The zero-order valence-corrected chi connectivity index (χ0v) is 21.6. The van der Waals surface area contributed by atoms with Gasteiger partial charge in [-0.05, 0) is 61.2 Å². The van der Waals surface area contributed by atoms with Crippen LogP contribution in [-0.2, 0) is 0 Å². The maximum atomic E-state index is 15.0. The van der Waals surface area contributed by atoms with Crippen molar-refractivity contribution in [1.29, 1.82) is 0 Å². The molecule has 200 valence electrons. The molecule has 9 nitrogen and oxygen atoms in total. The normalized spacial score (nSPS) is 20.9. The number of aromatic carboxylic acids is 1. The van der Waals surface area contributed by atoms with Gasteiger partial charge in [0.15, 0.2) is 5.69 Å². The molecule has 1 fully saturated rings. The first-order chi connectivity index (χ1) is 19.2. The molecule has 40 heavy (non-hydrogen) atoms. The molecule has 3 aromatic heterocycles. The Kier molecular flexibility index (Phi) is 5.36. The number of carboxylic acid groups (broad SMARTS) is 1. The van der Waals surface area contributed by atoms with Crippen LogP contribution in [0, 0.1) is 18.8 Å². The number of aryl methyl sites for hydroxylation is 1. The van der Waals surface area contributed by atoms with E-state index in [-0.39, 0.29) is 40.6 Å². The molecule has 12 heteroatoms. The molecule has 1 aliphatic carbocycles. The summed E-state index contributed by atoms with van der Waals surface area (Å²) in [5.41, 5.74) is 3.12. The maximum Gasteiger partial charge on any atom is 0.358 e. The van der Waals surface area contributed by atoms with Gasteiger partial charge in [0.2, 0.25) is 11.9 Å². The highest BCUT2D eigenvalue weighted by molar-refractivity contribution is 6.31. The zero-order valence-electron chi connectivity index (χ0n) is 20.8. The summed E-state index contributed by atoms with van der Waals surface area (Å²) >= 11 is 6.30. The van der Waals surface area contributed by atoms with Crippen LogP contribution in [0.4, 0.5) is 8.78 Å². The van der Waals surface area contributed by atoms with E-state index in [9.17, 15) is 19.1 Å². The number of nitrogens with zero attached hydrogens (tertiary/aromatic N) is 6. The molecule has 4 aromatic rings. The molecule has 2 aliphatic heterocycles. The third-order valence-electron chi connectivity index (χ3n) is 7.73. The first kappa shape index (κ1) is 24.5. The lowest BCUT2D eigenvalue weighted by molar-refractivity contribution is 0.0690. The fourth-order valence-corrected chi connectivity index (χ4v) is 6.04. The van der Waals surface area contributed by atoms with Crippen LogP contribution < -0.4 is 5.56 Å². The summed E-state index contributed by atoms with van der Waals surface area (Å²) in [5, 5.41) is 17.3. The van der Waals surface area contributed by atoms with E-state index in [1.807, 2.05) is 6.07 Å². The van der Waals surface area contributed by atoms with Crippen molar-refractivity contribution in [3.8, 4) is 16.8 Å². The average Bonchev–Trinajstić information content (AvgIpc) is 3.21. The molecule has 0 spiro atoms. The second kappa shape index (κ2) is 8.75. The van der Waals surface area contributed by atoms with Crippen molar-refractivity contribution < 1.29 is 18.7 Å². The van der Waals surface area contributed by atoms with Gasteiger partial charge in [-0.1, -0.05) is 16.8 Å². The lowest BCUT2D eigenvalue weighted by atomic mass is 9.98. The Morgan fingerprint density at radius 3 is 2.70 bits per heavy atom. The smallest absolute Gasteiger partial charge is 0.358 e. The first-order valence-corrected chi connectivity index (χ1v) is 12.9. The van der Waals surface area contributed by atoms with Crippen LogP contribution in [0.15, 0.2) is 64.4 Å². The molecular weight excluding hydrogens is 542 g/mol. The van der Waals surface area contributed by atoms with Crippen LogP contribution in [0.1, 0.15) is 52.2 Å². The summed E-state index contributed by atoms with van der Waals surface area (Å²) < 4.78 is 32.5. The third-order valence-corrected chi connectivity index (χ3v) is 7.97. The second-order valence-corrected chi connectivity index (χ2v) is 10.6. The molecule has 1 N–H and O–H groups in total. The highest BCUT2D eigenvalue weighted by Crippen LogP contribution is 2.60. The SMILES string of the molecule is Cc1ccc(C2=C(F)N=C(C3C4CC4c4cc(-c5cc(Cl)ccc5-n5cc(C(=O)O)nn5)cc(=O)n43)C2)c(F)n1. The topological polar surface area (TPSA) is 115 Å². The van der Waals surface area contributed by atoms with E-state index in [1.54, 1.807) is 35.8 Å². The Bertz CT molecular complexity index is 1900. The fourth-order valence-electron chi connectivity index (χ4n) is 5.86. The Morgan fingerprint density at radius 1 is 1.12 bits per heavy atom. The van der Waals surface area contributed by atoms with Crippen molar-refractivity contribution in [3.05, 3.63) is 98.6 Å². The molecule has 3 unspecified atom stereocenters. The third kappa shape index (κ3) is 3.80. The first-order valence-electron chi connectivity index (χ1n) is 12.5. The molecule has 1 aromatic carbocycles. The molecule has 3 atom stereocenters. The molecule has 0 amide bonds. The summed E-state index contributed by atoms with van der Waals surface area (Å²) in [6.07, 6.45) is 2.19. The quantitative estimate of drug-likeness (QED) is 0.267. The van der Waals surface area contributed by atoms with Gasteiger partial charge in [0.05, 0.1) is 17.9 Å². The van der Waals surface area contributed by atoms with E-state index in [0.717, 1.165) is 12.1 Å². The average molecular weight is 561 g/mol. The predicted octanol–water partition coefficient (Wildman–Crippen LogP) is 5.13. The number of fused-ring (bicyclic) bond motifs is 3. The maximum absolute atomic E-state index is 15.0. The lowest BCUT2D eigenvalue weighted by Gasteiger charge is -2.20. The standard InChI is InChI=1S/C28H19ClF2N6O3/c1-12-2-4-15(26(30)32-12)19-10-20(33-27(19)31)25-18-9-17(18)23-6-13(7-24(38)37(23)25)16-8-14(29)3-5-22(16)36-11-21(28(39)40)34-35-36/h2-8,11,17-18,25H,9-10H2,1H3,(H,39,40). The van der Waals surface area contributed by atoms with Crippen LogP contribution in [0.2, 0.25) is 5.02 Å². The van der Waals surface area contributed by atoms with Crippen molar-refractivity contribution in [1.82, 2.24) is 24.5 Å². The van der Waals surface area contributed by atoms with Gasteiger partial charge in [-0.3, -0.25) is 4.79 Å². The van der Waals surface area contributed by atoms with Crippen molar-refractivity contribution in [2.75, 3.05) is 0 Å². The highest BCUT2D eigenvalue weighted by Gasteiger charge is 2.55. The number of hydrogen-bond donors (Lipinski definition) is 1. The summed E-state index contributed by atoms with van der Waals surface area (Å²) in [6, 6.07) is 11.1. The molecule has 3 aliphatic rings. The summed E-state index contributed by atoms with van der Waals surface area (Å²) in [4.78, 5) is 32.9. The minimum atomic E-state index is -1.21. The molecule has 0 bridgehead atoms. The van der Waals surface area contributed by atoms with E-state index in [2.05, 4.69) is 20.3 Å². The van der Waals surface area contributed by atoms with Crippen LogP contribution in [0.25, 0.3) is 22.4 Å². The number of hydrogen-bond acceptors (Lipinski definition) is 6. The molecule has 0 radical (unpaired) electrons. The van der Waals surface area contributed by atoms with Gasteiger partial charge in [0.1, 0.15) is 0 Å². The fraction of sp³-hybridized carbons (Fsp3) is 0.214. The van der Waals surface area contributed by atoms with E-state index in [4.69, 9.17) is 11.6 Å². The number of benzene rings is 1. The molecule has 1 saturated carbocycles. The van der Waals surface area contributed by atoms with Crippen LogP contribution in [-0.4, -0.2) is 41.3 Å². The van der Waals surface area contributed by atoms with E-state index < -0.39 is 23.9 Å². The van der Waals surface area contributed by atoms with Gasteiger partial charge in [-0.15, -0.1) is 5.10 Å². The Labute approximate surface area is 230 Å². The van der Waals surface area contributed by atoms with Gasteiger partial charge in [0, 0.05) is 57.2 Å². The van der Waals surface area contributed by atoms with Gasteiger partial charge < -0.3 is 9.67 Å². The Balaban J connectivity index is 1.26. The number of carboxylic acids is 1. The number of allylic oxidation sites excluding steroid dienone is 1. The van der Waals surface area contributed by atoms with Gasteiger partial charge >= 0.3 is 5.97 Å². The van der Waals surface area contributed by atoms with E-state index >= 15 is 4.39 Å². The minimum Gasteiger partial charge on any atom is -0.476 e. The molecular formula is C28H19ClF2N6O3. The van der Waals surface area contributed by atoms with E-state index in [1.165, 1.54) is 23.0 Å². The van der Waals surface area contributed by atoms with Crippen LogP contribution in [0.3, 0.4) is 0 Å². The minimum absolute atomic E-state index is 0.0720. The largest absolute Gasteiger partial charge is 0.476 e. The molecule has 5 heterocycles. The van der Waals surface area contributed by atoms with Crippen molar-refractivity contribution in [2.45, 2.75) is 31.7 Å². The molecule has 0 saturated heterocycles. The zero-order chi connectivity index (χ0) is 27.9. The van der Waals surface area contributed by atoms with Crippen LogP contribution >= 0.6 is 11.6 Å². The van der Waals surface area contributed by atoms with Gasteiger partial charge in [0.25, 0.3) is 5.56 Å². The number of carbonyl (C=O) groups is 1. The number of halogens is 3. The predicted molar refractivity (Wildman–Crippen MR) is 142 cm³/mol. The monoisotopic (exact) mass is 560 g/mol. The Morgan fingerprint density at radius 2 is 1.95 bits per heavy atom.